The van der Waals surface area contributed by atoms with Crippen molar-refractivity contribution in [2.45, 2.75) is 97.8 Å². The minimum atomic E-state index is -0.410. The quantitative estimate of drug-likeness (QED) is 0.0409. The van der Waals surface area contributed by atoms with Crippen LogP contribution in [0.1, 0.15) is 97.8 Å². The van der Waals surface area contributed by atoms with Gasteiger partial charge in [-0.05, 0) is 31.2 Å². The number of ether oxygens (including phenoxy) is 6. The van der Waals surface area contributed by atoms with Gasteiger partial charge >= 0.3 is 0 Å². The summed E-state index contributed by atoms with van der Waals surface area (Å²) in [6.45, 7) is 9.70. The Balaban J connectivity index is 3.37. The molecule has 0 heterocycles. The van der Waals surface area contributed by atoms with Crippen molar-refractivity contribution >= 4 is 23.3 Å². The largest absolute Gasteiger partial charge is 0.379 e. The SMILES string of the molecule is CC(C)(C)C(=O)COCCOCCCC(=O)COCCOCCNC(=O)COCCOCCCC(=O)CCCCCCCCCN=[N+]=[N-]. The number of hydrogen-bond acceptors (Lipinski definition) is 11. The second kappa shape index (κ2) is 33.1. The molecule has 14 heteroatoms. The summed E-state index contributed by atoms with van der Waals surface area (Å²) in [7, 11) is 0. The van der Waals surface area contributed by atoms with Gasteiger partial charge in [0.05, 0.1) is 46.2 Å². The van der Waals surface area contributed by atoms with Gasteiger partial charge in [0.1, 0.15) is 25.6 Å². The zero-order valence-corrected chi connectivity index (χ0v) is 29.8. The maximum absolute atomic E-state index is 12.0. The molecule has 0 aliphatic heterocycles. The third-order valence-electron chi connectivity index (χ3n) is 7.02. The van der Waals surface area contributed by atoms with E-state index in [0.717, 1.165) is 44.9 Å². The molecule has 1 amide bonds. The van der Waals surface area contributed by atoms with Gasteiger partial charge in [-0.2, -0.15) is 0 Å². The molecule has 0 aliphatic rings. The Hall–Kier alpha value is -2.45. The van der Waals surface area contributed by atoms with Crippen LogP contribution < -0.4 is 5.32 Å². The van der Waals surface area contributed by atoms with Gasteiger partial charge in [0.2, 0.25) is 5.91 Å². The molecular formula is C34H62N4O10. The fraction of sp³-hybridized carbons (Fsp3) is 0.882. The summed E-state index contributed by atoms with van der Waals surface area (Å²) in [6.07, 6.45) is 10.2. The van der Waals surface area contributed by atoms with Gasteiger partial charge in [-0.3, -0.25) is 19.2 Å². The molecule has 0 atom stereocenters. The number of nitrogens with one attached hydrogen (secondary N) is 1. The van der Waals surface area contributed by atoms with Gasteiger partial charge in [0.15, 0.2) is 11.6 Å². The molecule has 0 saturated carbocycles. The van der Waals surface area contributed by atoms with Crippen LogP contribution in [0.5, 0.6) is 0 Å². The molecule has 0 bridgehead atoms. The van der Waals surface area contributed by atoms with E-state index in [-0.39, 0.29) is 49.7 Å². The lowest BCUT2D eigenvalue weighted by molar-refractivity contribution is -0.131. The third kappa shape index (κ3) is 33.5. The maximum Gasteiger partial charge on any atom is 0.246 e. The number of rotatable bonds is 36. The minimum absolute atomic E-state index is 0.0139. The van der Waals surface area contributed by atoms with E-state index >= 15 is 0 Å². The zero-order chi connectivity index (χ0) is 35.6. The molecule has 1 N–H and O–H groups in total. The Labute approximate surface area is 287 Å². The number of carbonyl (C=O) groups is 4. The summed E-state index contributed by atoms with van der Waals surface area (Å²) in [4.78, 5) is 50.2. The number of unbranched alkanes of at least 4 members (excludes halogenated alkanes) is 6. The molecule has 0 aromatic rings. The summed E-state index contributed by atoms with van der Waals surface area (Å²) >= 11 is 0. The lowest BCUT2D eigenvalue weighted by Gasteiger charge is -2.16. The van der Waals surface area contributed by atoms with Crippen LogP contribution in [0.2, 0.25) is 0 Å². The molecule has 0 unspecified atom stereocenters. The maximum atomic E-state index is 12.0. The van der Waals surface area contributed by atoms with Crippen LogP contribution in [0.15, 0.2) is 5.11 Å². The van der Waals surface area contributed by atoms with Gasteiger partial charge in [-0.25, -0.2) is 0 Å². The Morgan fingerprint density at radius 1 is 0.562 bits per heavy atom. The average molecular weight is 687 g/mol. The summed E-state index contributed by atoms with van der Waals surface area (Å²) in [6, 6.07) is 0. The molecule has 0 rings (SSSR count). The second-order valence-electron chi connectivity index (χ2n) is 12.5. The number of hydrogen-bond donors (Lipinski definition) is 1. The Bertz CT molecular complexity index is 892. The highest BCUT2D eigenvalue weighted by Gasteiger charge is 2.20. The monoisotopic (exact) mass is 686 g/mol. The van der Waals surface area contributed by atoms with Gasteiger partial charge < -0.3 is 33.7 Å². The van der Waals surface area contributed by atoms with Crippen LogP contribution in [0, 0.1) is 5.41 Å². The van der Waals surface area contributed by atoms with Crippen LogP contribution >= 0.6 is 0 Å². The predicted molar refractivity (Wildman–Crippen MR) is 182 cm³/mol. The molecule has 0 aliphatic carbocycles. The molecule has 0 saturated heterocycles. The minimum Gasteiger partial charge on any atom is -0.379 e. The van der Waals surface area contributed by atoms with E-state index in [1.807, 2.05) is 20.8 Å². The first-order chi connectivity index (χ1) is 23.2. The summed E-state index contributed by atoms with van der Waals surface area (Å²) < 4.78 is 32.2. The van der Waals surface area contributed by atoms with Crippen LogP contribution in [0.4, 0.5) is 0 Å². The smallest absolute Gasteiger partial charge is 0.246 e. The second-order valence-corrected chi connectivity index (χ2v) is 12.5. The first-order valence-corrected chi connectivity index (χ1v) is 17.5. The molecule has 0 fully saturated rings. The average Bonchev–Trinajstić information content (AvgIpc) is 3.05. The highest BCUT2D eigenvalue weighted by molar-refractivity contribution is 5.84. The molecule has 0 spiro atoms. The summed E-state index contributed by atoms with van der Waals surface area (Å²) in [5.41, 5.74) is 7.82. The van der Waals surface area contributed by atoms with E-state index in [0.29, 0.717) is 98.0 Å². The molecular weight excluding hydrogens is 624 g/mol. The Kier molecular flexibility index (Phi) is 31.4. The molecule has 0 radical (unpaired) electrons. The normalized spacial score (nSPS) is 11.3. The first-order valence-electron chi connectivity index (χ1n) is 17.5. The van der Waals surface area contributed by atoms with Crippen molar-refractivity contribution < 1.29 is 47.6 Å². The van der Waals surface area contributed by atoms with Crippen molar-refractivity contribution in [3.63, 3.8) is 0 Å². The summed E-state index contributed by atoms with van der Waals surface area (Å²) in [5.74, 6) is 0.0571. The van der Waals surface area contributed by atoms with Crippen molar-refractivity contribution in [3.05, 3.63) is 10.4 Å². The van der Waals surface area contributed by atoms with Crippen molar-refractivity contribution in [2.75, 3.05) is 92.4 Å². The molecule has 278 valence electrons. The van der Waals surface area contributed by atoms with E-state index < -0.39 is 5.41 Å². The van der Waals surface area contributed by atoms with Crippen molar-refractivity contribution in [3.8, 4) is 0 Å². The molecule has 48 heavy (non-hydrogen) atoms. The number of amides is 1. The topological polar surface area (TPSA) is 184 Å². The Morgan fingerprint density at radius 3 is 1.65 bits per heavy atom. The number of carbonyl (C=O) groups excluding carboxylic acids is 4. The number of ketones is 3. The highest BCUT2D eigenvalue weighted by atomic mass is 16.5. The van der Waals surface area contributed by atoms with E-state index in [2.05, 4.69) is 15.3 Å². The van der Waals surface area contributed by atoms with Gasteiger partial charge in [-0.15, -0.1) is 0 Å². The lowest BCUT2D eigenvalue weighted by Crippen LogP contribution is -2.31. The first kappa shape index (κ1) is 45.6. The van der Waals surface area contributed by atoms with E-state index in [9.17, 15) is 19.2 Å². The fourth-order valence-electron chi connectivity index (χ4n) is 4.08. The van der Waals surface area contributed by atoms with E-state index in [1.165, 1.54) is 0 Å². The molecule has 0 aromatic carbocycles. The van der Waals surface area contributed by atoms with Crippen molar-refractivity contribution in [1.29, 1.82) is 0 Å². The Morgan fingerprint density at radius 2 is 1.04 bits per heavy atom. The zero-order valence-electron chi connectivity index (χ0n) is 29.8. The predicted octanol–water partition coefficient (Wildman–Crippen LogP) is 4.95. The van der Waals surface area contributed by atoms with E-state index in [4.69, 9.17) is 34.0 Å². The fourth-order valence-corrected chi connectivity index (χ4v) is 4.08. The highest BCUT2D eigenvalue weighted by Crippen LogP contribution is 2.14. The van der Waals surface area contributed by atoms with Gasteiger partial charge in [0.25, 0.3) is 0 Å². The van der Waals surface area contributed by atoms with Crippen molar-refractivity contribution in [2.24, 2.45) is 10.5 Å². The number of nitrogens with zero attached hydrogens (tertiary/aromatic N) is 3. The van der Waals surface area contributed by atoms with E-state index in [1.54, 1.807) is 0 Å². The van der Waals surface area contributed by atoms with Gasteiger partial charge in [0, 0.05) is 55.9 Å². The standard InChI is InChI=1S/C34H62N4O10/c1-34(2,3)32(41)28-47-25-21-44-19-12-15-31(40)27-46-24-23-45-20-17-36-33(42)29-48-26-22-43-18-11-14-30(39)13-9-7-5-4-6-8-10-16-37-38-35/h4-29H2,1-3H3,(H,36,42). The van der Waals surface area contributed by atoms with Crippen LogP contribution in [0.25, 0.3) is 10.4 Å². The molecule has 14 nitrogen and oxygen atoms in total. The lowest BCUT2D eigenvalue weighted by atomic mass is 9.91. The van der Waals surface area contributed by atoms with Crippen LogP contribution in [0.3, 0.4) is 0 Å². The summed E-state index contributed by atoms with van der Waals surface area (Å²) in [5, 5.41) is 6.23. The number of azide groups is 1. The number of Topliss-reactive ketones (excluding diaryl/α,β-unsaturated/α-hetero) is 3. The van der Waals surface area contributed by atoms with Crippen LogP contribution in [-0.2, 0) is 47.6 Å². The third-order valence-corrected chi connectivity index (χ3v) is 7.02. The van der Waals surface area contributed by atoms with Crippen molar-refractivity contribution in [1.82, 2.24) is 5.32 Å². The molecule has 0 aromatic heterocycles. The van der Waals surface area contributed by atoms with Crippen LogP contribution in [-0.4, -0.2) is 116 Å². The van der Waals surface area contributed by atoms with Gasteiger partial charge in [-0.1, -0.05) is 58.0 Å².